The van der Waals surface area contributed by atoms with Gasteiger partial charge in [-0.2, -0.15) is 0 Å². The molecule has 0 unspecified atom stereocenters. The van der Waals surface area contributed by atoms with Gasteiger partial charge in [0.25, 0.3) is 0 Å². The molecule has 0 saturated heterocycles. The largest absolute Gasteiger partial charge is 0.461 e. The maximum absolute atomic E-state index is 11.6. The Balaban J connectivity index is 2.04. The van der Waals surface area contributed by atoms with Crippen LogP contribution in [0.4, 0.5) is 0 Å². The molecule has 0 spiro atoms. The van der Waals surface area contributed by atoms with Crippen molar-refractivity contribution in [2.24, 2.45) is 5.73 Å². The SMILES string of the molecule is CCCCOC(=O)/C(N)=C\c1ncc(-c2ccccc2)o1. The Bertz CT molecular complexity index is 617. The van der Waals surface area contributed by atoms with Crippen LogP contribution in [0.2, 0.25) is 0 Å². The fraction of sp³-hybridized carbons (Fsp3) is 0.250. The van der Waals surface area contributed by atoms with E-state index in [9.17, 15) is 4.79 Å². The van der Waals surface area contributed by atoms with Gasteiger partial charge in [0.2, 0.25) is 5.89 Å². The average Bonchev–Trinajstić information content (AvgIpc) is 2.97. The number of rotatable bonds is 6. The number of aromatic nitrogens is 1. The van der Waals surface area contributed by atoms with Gasteiger partial charge in [-0.15, -0.1) is 0 Å². The van der Waals surface area contributed by atoms with Gasteiger partial charge in [0.1, 0.15) is 5.70 Å². The molecule has 1 aromatic heterocycles. The molecule has 21 heavy (non-hydrogen) atoms. The van der Waals surface area contributed by atoms with Crippen LogP contribution in [-0.4, -0.2) is 17.6 Å². The highest BCUT2D eigenvalue weighted by Crippen LogP contribution is 2.20. The second-order valence-corrected chi connectivity index (χ2v) is 4.52. The molecule has 5 nitrogen and oxygen atoms in total. The van der Waals surface area contributed by atoms with E-state index in [0.29, 0.717) is 12.4 Å². The molecule has 0 radical (unpaired) electrons. The van der Waals surface area contributed by atoms with Gasteiger partial charge in [0.05, 0.1) is 12.8 Å². The molecular formula is C16H18N2O3. The standard InChI is InChI=1S/C16H18N2O3/c1-2-3-9-20-16(19)13(17)10-15-18-11-14(21-15)12-7-5-4-6-8-12/h4-8,10-11H,2-3,9,17H2,1H3/b13-10+. The van der Waals surface area contributed by atoms with Gasteiger partial charge >= 0.3 is 5.97 Å². The van der Waals surface area contributed by atoms with Crippen molar-refractivity contribution >= 4 is 12.0 Å². The highest BCUT2D eigenvalue weighted by Gasteiger charge is 2.10. The molecule has 0 aliphatic carbocycles. The zero-order valence-corrected chi connectivity index (χ0v) is 11.9. The van der Waals surface area contributed by atoms with Crippen LogP contribution in [0.3, 0.4) is 0 Å². The topological polar surface area (TPSA) is 78.4 Å². The lowest BCUT2D eigenvalue weighted by Crippen LogP contribution is -2.15. The van der Waals surface area contributed by atoms with E-state index in [4.69, 9.17) is 14.9 Å². The summed E-state index contributed by atoms with van der Waals surface area (Å²) in [6.07, 6.45) is 4.74. The lowest BCUT2D eigenvalue weighted by Gasteiger charge is -2.02. The predicted octanol–water partition coefficient (Wildman–Crippen LogP) is 2.98. The van der Waals surface area contributed by atoms with Crippen LogP contribution in [-0.2, 0) is 9.53 Å². The summed E-state index contributed by atoms with van der Waals surface area (Å²) in [6, 6.07) is 9.57. The summed E-state index contributed by atoms with van der Waals surface area (Å²) in [5, 5.41) is 0. The van der Waals surface area contributed by atoms with Gasteiger partial charge in [-0.3, -0.25) is 0 Å². The Hall–Kier alpha value is -2.56. The van der Waals surface area contributed by atoms with Crippen LogP contribution < -0.4 is 5.73 Å². The molecule has 2 N–H and O–H groups in total. The summed E-state index contributed by atoms with van der Waals surface area (Å²) in [5.41, 5.74) is 6.56. The van der Waals surface area contributed by atoms with E-state index < -0.39 is 5.97 Å². The van der Waals surface area contributed by atoms with E-state index in [1.54, 1.807) is 6.20 Å². The Morgan fingerprint density at radius 3 is 2.86 bits per heavy atom. The fourth-order valence-corrected chi connectivity index (χ4v) is 1.67. The van der Waals surface area contributed by atoms with Gasteiger partial charge in [-0.05, 0) is 6.42 Å². The number of carbonyl (C=O) groups excluding carboxylic acids is 1. The number of nitrogens with two attached hydrogens (primary N) is 1. The van der Waals surface area contributed by atoms with Crippen LogP contribution in [0.5, 0.6) is 0 Å². The van der Waals surface area contributed by atoms with E-state index in [0.717, 1.165) is 18.4 Å². The first-order chi connectivity index (χ1) is 10.2. The van der Waals surface area contributed by atoms with Crippen LogP contribution >= 0.6 is 0 Å². The molecule has 0 aliphatic heterocycles. The number of esters is 1. The van der Waals surface area contributed by atoms with E-state index in [2.05, 4.69) is 4.98 Å². The molecule has 0 amide bonds. The molecule has 0 bridgehead atoms. The van der Waals surface area contributed by atoms with Gasteiger partial charge in [0, 0.05) is 11.6 Å². The normalized spacial score (nSPS) is 11.4. The minimum Gasteiger partial charge on any atom is -0.461 e. The molecule has 1 aromatic carbocycles. The van der Waals surface area contributed by atoms with E-state index in [1.165, 1.54) is 6.08 Å². The van der Waals surface area contributed by atoms with Crippen molar-refractivity contribution in [1.82, 2.24) is 4.98 Å². The lowest BCUT2D eigenvalue weighted by molar-refractivity contribution is -0.139. The molecule has 0 aliphatic rings. The van der Waals surface area contributed by atoms with Crippen molar-refractivity contribution in [1.29, 1.82) is 0 Å². The highest BCUT2D eigenvalue weighted by molar-refractivity contribution is 5.91. The summed E-state index contributed by atoms with van der Waals surface area (Å²) >= 11 is 0. The van der Waals surface area contributed by atoms with Crippen molar-refractivity contribution in [3.05, 3.63) is 48.1 Å². The van der Waals surface area contributed by atoms with Crippen molar-refractivity contribution in [2.75, 3.05) is 6.61 Å². The second-order valence-electron chi connectivity index (χ2n) is 4.52. The van der Waals surface area contributed by atoms with Gasteiger partial charge < -0.3 is 14.9 Å². The van der Waals surface area contributed by atoms with E-state index in [-0.39, 0.29) is 11.6 Å². The second kappa shape index (κ2) is 7.28. The first kappa shape index (κ1) is 14.8. The summed E-state index contributed by atoms with van der Waals surface area (Å²) in [7, 11) is 0. The van der Waals surface area contributed by atoms with Crippen molar-refractivity contribution in [2.45, 2.75) is 19.8 Å². The maximum Gasteiger partial charge on any atom is 0.354 e. The smallest absolute Gasteiger partial charge is 0.354 e. The Labute approximate surface area is 123 Å². The van der Waals surface area contributed by atoms with Gasteiger partial charge in [-0.25, -0.2) is 9.78 Å². The van der Waals surface area contributed by atoms with Crippen molar-refractivity contribution < 1.29 is 13.9 Å². The Morgan fingerprint density at radius 2 is 2.14 bits per heavy atom. The zero-order valence-electron chi connectivity index (χ0n) is 11.9. The Kier molecular flexibility index (Phi) is 5.15. The van der Waals surface area contributed by atoms with Crippen molar-refractivity contribution in [3.63, 3.8) is 0 Å². The van der Waals surface area contributed by atoms with E-state index in [1.807, 2.05) is 37.3 Å². The first-order valence-electron chi connectivity index (χ1n) is 6.86. The number of hydrogen-bond acceptors (Lipinski definition) is 5. The first-order valence-corrected chi connectivity index (χ1v) is 6.86. The molecule has 0 atom stereocenters. The number of unbranched alkanes of at least 4 members (excludes halogenated alkanes) is 1. The minimum absolute atomic E-state index is 0.0208. The van der Waals surface area contributed by atoms with Gasteiger partial charge in [0.15, 0.2) is 5.76 Å². The summed E-state index contributed by atoms with van der Waals surface area (Å²) < 4.78 is 10.5. The molecule has 0 saturated carbocycles. The molecule has 2 rings (SSSR count). The van der Waals surface area contributed by atoms with E-state index >= 15 is 0 Å². The van der Waals surface area contributed by atoms with Crippen LogP contribution in [0.15, 0.2) is 46.6 Å². The molecule has 110 valence electrons. The summed E-state index contributed by atoms with van der Waals surface area (Å²) in [4.78, 5) is 15.7. The monoisotopic (exact) mass is 286 g/mol. The summed E-state index contributed by atoms with van der Waals surface area (Å²) in [5.74, 6) is 0.343. The lowest BCUT2D eigenvalue weighted by atomic mass is 10.2. The number of benzene rings is 1. The molecular weight excluding hydrogens is 268 g/mol. The molecule has 0 fully saturated rings. The third-order valence-corrected chi connectivity index (χ3v) is 2.83. The van der Waals surface area contributed by atoms with Gasteiger partial charge in [-0.1, -0.05) is 43.7 Å². The quantitative estimate of drug-likeness (QED) is 0.501. The third-order valence-electron chi connectivity index (χ3n) is 2.83. The fourth-order valence-electron chi connectivity index (χ4n) is 1.67. The predicted molar refractivity (Wildman–Crippen MR) is 80.0 cm³/mol. The summed E-state index contributed by atoms with van der Waals surface area (Å²) in [6.45, 7) is 2.38. The maximum atomic E-state index is 11.6. The third kappa shape index (κ3) is 4.21. The number of carbonyl (C=O) groups is 1. The van der Waals surface area contributed by atoms with Crippen molar-refractivity contribution in [3.8, 4) is 11.3 Å². The number of hydrogen-bond donors (Lipinski definition) is 1. The Morgan fingerprint density at radius 1 is 1.38 bits per heavy atom. The molecule has 1 heterocycles. The van der Waals surface area contributed by atoms with Crippen LogP contribution in [0, 0.1) is 0 Å². The number of oxazole rings is 1. The molecule has 2 aromatic rings. The number of nitrogens with zero attached hydrogens (tertiary/aromatic N) is 1. The highest BCUT2D eigenvalue weighted by atomic mass is 16.5. The van der Waals surface area contributed by atoms with Crippen LogP contribution in [0.25, 0.3) is 17.4 Å². The average molecular weight is 286 g/mol. The minimum atomic E-state index is -0.553. The van der Waals surface area contributed by atoms with Crippen LogP contribution in [0.1, 0.15) is 25.7 Å². The molecule has 5 heteroatoms. The zero-order chi connectivity index (χ0) is 15.1. The number of ether oxygens (including phenoxy) is 1.